The summed E-state index contributed by atoms with van der Waals surface area (Å²) < 4.78 is 23.1. The van der Waals surface area contributed by atoms with Gasteiger partial charge < -0.3 is 4.90 Å². The molecule has 1 aliphatic rings. The standard InChI is InChI=1S/C13H16ClNO3S/c1-8(19(3,17)18)13(14)9-4-5-11-10(6-9)7-12(16)15(11)2/h4-6,8,13H,7H2,1-3H3. The zero-order valence-corrected chi connectivity index (χ0v) is 12.6. The quantitative estimate of drug-likeness (QED) is 0.802. The predicted molar refractivity (Wildman–Crippen MR) is 76.5 cm³/mol. The van der Waals surface area contributed by atoms with Crippen LogP contribution in [0.2, 0.25) is 0 Å². The second kappa shape index (κ2) is 4.80. The van der Waals surface area contributed by atoms with Crippen molar-refractivity contribution in [1.82, 2.24) is 0 Å². The molecule has 1 aromatic carbocycles. The number of carbonyl (C=O) groups excluding carboxylic acids is 1. The van der Waals surface area contributed by atoms with Crippen molar-refractivity contribution in [2.24, 2.45) is 0 Å². The Kier molecular flexibility index (Phi) is 3.62. The molecule has 0 spiro atoms. The zero-order chi connectivity index (χ0) is 14.4. The minimum absolute atomic E-state index is 0.0365. The Bertz CT molecular complexity index is 627. The van der Waals surface area contributed by atoms with Gasteiger partial charge in [0.15, 0.2) is 9.84 Å². The number of nitrogens with zero attached hydrogens (tertiary/aromatic N) is 1. The van der Waals surface area contributed by atoms with Gasteiger partial charge in [-0.05, 0) is 24.1 Å². The molecule has 19 heavy (non-hydrogen) atoms. The van der Waals surface area contributed by atoms with Gasteiger partial charge in [-0.3, -0.25) is 4.79 Å². The minimum Gasteiger partial charge on any atom is -0.315 e. The van der Waals surface area contributed by atoms with Gasteiger partial charge in [0.2, 0.25) is 5.91 Å². The van der Waals surface area contributed by atoms with Crippen LogP contribution in [0.15, 0.2) is 18.2 Å². The fourth-order valence-corrected chi connectivity index (χ4v) is 3.44. The number of carbonyl (C=O) groups is 1. The molecule has 2 unspecified atom stereocenters. The summed E-state index contributed by atoms with van der Waals surface area (Å²) in [6.45, 7) is 1.59. The summed E-state index contributed by atoms with van der Waals surface area (Å²) in [4.78, 5) is 13.2. The number of fused-ring (bicyclic) bond motifs is 1. The molecular formula is C13H16ClNO3S. The summed E-state index contributed by atoms with van der Waals surface area (Å²) in [5.74, 6) is 0.0365. The van der Waals surface area contributed by atoms with E-state index in [0.717, 1.165) is 16.8 Å². The number of alkyl halides is 1. The highest BCUT2D eigenvalue weighted by Gasteiger charge is 2.29. The van der Waals surface area contributed by atoms with E-state index >= 15 is 0 Å². The fourth-order valence-electron chi connectivity index (χ4n) is 2.15. The number of benzene rings is 1. The summed E-state index contributed by atoms with van der Waals surface area (Å²) >= 11 is 6.24. The Labute approximate surface area is 118 Å². The first kappa shape index (κ1) is 14.3. The van der Waals surface area contributed by atoms with Crippen LogP contribution >= 0.6 is 11.6 Å². The molecule has 0 saturated carbocycles. The molecule has 0 fully saturated rings. The number of anilines is 1. The number of rotatable bonds is 3. The van der Waals surface area contributed by atoms with Gasteiger partial charge >= 0.3 is 0 Å². The third-order valence-corrected chi connectivity index (χ3v) is 5.99. The lowest BCUT2D eigenvalue weighted by molar-refractivity contribution is -0.117. The van der Waals surface area contributed by atoms with Gasteiger partial charge in [-0.25, -0.2) is 8.42 Å². The van der Waals surface area contributed by atoms with E-state index in [-0.39, 0.29) is 5.91 Å². The molecule has 0 bridgehead atoms. The molecule has 0 N–H and O–H groups in total. The lowest BCUT2D eigenvalue weighted by Gasteiger charge is -2.18. The Morgan fingerprint density at radius 3 is 2.58 bits per heavy atom. The maximum Gasteiger partial charge on any atom is 0.231 e. The van der Waals surface area contributed by atoms with Crippen LogP contribution in [0, 0.1) is 0 Å². The van der Waals surface area contributed by atoms with E-state index in [9.17, 15) is 13.2 Å². The van der Waals surface area contributed by atoms with Crippen LogP contribution in [0.5, 0.6) is 0 Å². The maximum absolute atomic E-state index is 11.6. The molecule has 1 aliphatic heterocycles. The molecule has 104 valence electrons. The van der Waals surface area contributed by atoms with Gasteiger partial charge in [0.1, 0.15) is 0 Å². The Morgan fingerprint density at radius 1 is 1.37 bits per heavy atom. The second-order valence-corrected chi connectivity index (χ2v) is 7.83. The monoisotopic (exact) mass is 301 g/mol. The number of likely N-dealkylation sites (N-methyl/N-ethyl adjacent to an activating group) is 1. The van der Waals surface area contributed by atoms with E-state index in [0.29, 0.717) is 6.42 Å². The molecule has 0 radical (unpaired) electrons. The van der Waals surface area contributed by atoms with Gasteiger partial charge in [-0.15, -0.1) is 11.6 Å². The van der Waals surface area contributed by atoms with E-state index in [1.807, 2.05) is 12.1 Å². The lowest BCUT2D eigenvalue weighted by Crippen LogP contribution is -2.21. The van der Waals surface area contributed by atoms with E-state index in [4.69, 9.17) is 11.6 Å². The van der Waals surface area contributed by atoms with Crippen LogP contribution < -0.4 is 4.90 Å². The van der Waals surface area contributed by atoms with Crippen LogP contribution in [-0.2, 0) is 21.1 Å². The van der Waals surface area contributed by atoms with Gasteiger partial charge in [-0.1, -0.05) is 12.1 Å². The summed E-state index contributed by atoms with van der Waals surface area (Å²) in [7, 11) is -1.47. The largest absolute Gasteiger partial charge is 0.315 e. The number of halogens is 1. The molecule has 0 aliphatic carbocycles. The van der Waals surface area contributed by atoms with Crippen molar-refractivity contribution in [1.29, 1.82) is 0 Å². The smallest absolute Gasteiger partial charge is 0.231 e. The molecule has 1 heterocycles. The van der Waals surface area contributed by atoms with Crippen molar-refractivity contribution >= 4 is 33.0 Å². The van der Waals surface area contributed by atoms with Crippen molar-refractivity contribution in [2.45, 2.75) is 24.0 Å². The average Bonchev–Trinajstić information content (AvgIpc) is 2.61. The number of hydrogen-bond donors (Lipinski definition) is 0. The summed E-state index contributed by atoms with van der Waals surface area (Å²) in [6.07, 6.45) is 1.52. The normalized spacial score (nSPS) is 18.3. The lowest BCUT2D eigenvalue weighted by atomic mass is 10.0. The van der Waals surface area contributed by atoms with Crippen molar-refractivity contribution in [2.75, 3.05) is 18.2 Å². The van der Waals surface area contributed by atoms with Crippen molar-refractivity contribution in [3.63, 3.8) is 0 Å². The van der Waals surface area contributed by atoms with Crippen LogP contribution in [-0.4, -0.2) is 32.9 Å². The molecule has 1 aromatic rings. The summed E-state index contributed by atoms with van der Waals surface area (Å²) in [5, 5.41) is -1.27. The van der Waals surface area contributed by atoms with Crippen molar-refractivity contribution in [3.8, 4) is 0 Å². The topological polar surface area (TPSA) is 54.5 Å². The van der Waals surface area contributed by atoms with E-state index < -0.39 is 20.5 Å². The van der Waals surface area contributed by atoms with Crippen LogP contribution in [0.25, 0.3) is 0 Å². The van der Waals surface area contributed by atoms with Crippen LogP contribution in [0.4, 0.5) is 5.69 Å². The van der Waals surface area contributed by atoms with Crippen molar-refractivity contribution < 1.29 is 13.2 Å². The van der Waals surface area contributed by atoms with Gasteiger partial charge in [0.25, 0.3) is 0 Å². The number of amides is 1. The first-order chi connectivity index (χ1) is 8.71. The molecule has 1 amide bonds. The second-order valence-electron chi connectivity index (χ2n) is 4.95. The number of hydrogen-bond acceptors (Lipinski definition) is 3. The highest BCUT2D eigenvalue weighted by atomic mass is 35.5. The van der Waals surface area contributed by atoms with Crippen LogP contribution in [0.1, 0.15) is 23.4 Å². The zero-order valence-electron chi connectivity index (χ0n) is 11.1. The molecule has 4 nitrogen and oxygen atoms in total. The molecule has 2 atom stereocenters. The van der Waals surface area contributed by atoms with Gasteiger partial charge in [0, 0.05) is 19.0 Å². The third kappa shape index (κ3) is 2.62. The Morgan fingerprint density at radius 2 is 2.00 bits per heavy atom. The van der Waals surface area contributed by atoms with Crippen molar-refractivity contribution in [3.05, 3.63) is 29.3 Å². The van der Waals surface area contributed by atoms with E-state index in [2.05, 4.69) is 0 Å². The van der Waals surface area contributed by atoms with Crippen LogP contribution in [0.3, 0.4) is 0 Å². The third-order valence-electron chi connectivity index (χ3n) is 3.59. The highest BCUT2D eigenvalue weighted by molar-refractivity contribution is 7.91. The van der Waals surface area contributed by atoms with E-state index in [1.165, 1.54) is 6.26 Å². The van der Waals surface area contributed by atoms with Gasteiger partial charge in [0.05, 0.1) is 17.0 Å². The molecular weight excluding hydrogens is 286 g/mol. The molecule has 0 aromatic heterocycles. The highest BCUT2D eigenvalue weighted by Crippen LogP contribution is 2.34. The first-order valence-electron chi connectivity index (χ1n) is 5.94. The molecule has 2 rings (SSSR count). The molecule has 6 heteroatoms. The SMILES string of the molecule is CC(C(Cl)c1ccc2c(c1)CC(=O)N2C)S(C)(=O)=O. The molecule has 0 saturated heterocycles. The summed E-state index contributed by atoms with van der Waals surface area (Å²) in [5.41, 5.74) is 2.50. The number of sulfone groups is 1. The van der Waals surface area contributed by atoms with E-state index in [1.54, 1.807) is 24.9 Å². The first-order valence-corrected chi connectivity index (χ1v) is 8.33. The Hall–Kier alpha value is -1.07. The van der Waals surface area contributed by atoms with Gasteiger partial charge in [-0.2, -0.15) is 0 Å². The predicted octanol–water partition coefficient (Wildman–Crippen LogP) is 1.92. The fraction of sp³-hybridized carbons (Fsp3) is 0.462. The minimum atomic E-state index is -3.20. The summed E-state index contributed by atoms with van der Waals surface area (Å²) in [6, 6.07) is 5.43. The maximum atomic E-state index is 11.6. The average molecular weight is 302 g/mol. The Balaban J connectivity index is 2.34.